The van der Waals surface area contributed by atoms with Gasteiger partial charge in [-0.05, 0) is 66.4 Å². The maximum atomic E-state index is 13.6. The highest BCUT2D eigenvalue weighted by Gasteiger charge is 2.29. The molecule has 2 atom stereocenters. The molecule has 1 heterocycles. The van der Waals surface area contributed by atoms with Crippen LogP contribution in [-0.4, -0.2) is 35.1 Å². The Labute approximate surface area is 249 Å². The molecule has 0 bridgehead atoms. The fourth-order valence-electron chi connectivity index (χ4n) is 4.22. The predicted octanol–water partition coefficient (Wildman–Crippen LogP) is 8.85. The maximum absolute atomic E-state index is 13.6. The Morgan fingerprint density at radius 2 is 1.72 bits per heavy atom. The number of hydrogen-bond donors (Lipinski definition) is 0. The zero-order chi connectivity index (χ0) is 27.8. The van der Waals surface area contributed by atoms with Crippen molar-refractivity contribution in [2.75, 3.05) is 19.8 Å². The molecule has 3 aromatic carbocycles. The normalized spacial score (nSPS) is 14.5. The lowest BCUT2D eigenvalue weighted by atomic mass is 10.1. The molecule has 2 unspecified atom stereocenters. The van der Waals surface area contributed by atoms with Crippen LogP contribution in [-0.2, 0) is 17.8 Å². The summed E-state index contributed by atoms with van der Waals surface area (Å²) in [5, 5.41) is 1.74. The molecular formula is C30H29Cl4FN2O2. The van der Waals surface area contributed by atoms with Gasteiger partial charge in [0.15, 0.2) is 0 Å². The number of benzene rings is 3. The third-order valence-electron chi connectivity index (χ3n) is 6.25. The zero-order valence-electron chi connectivity index (χ0n) is 21.2. The van der Waals surface area contributed by atoms with E-state index in [1.54, 1.807) is 24.3 Å². The molecule has 0 saturated heterocycles. The fraction of sp³-hybridized carbons (Fsp3) is 0.267. The number of halogens is 5. The van der Waals surface area contributed by atoms with Gasteiger partial charge < -0.3 is 19.3 Å². The van der Waals surface area contributed by atoms with Gasteiger partial charge in [-0.25, -0.2) is 4.39 Å². The fourth-order valence-corrected chi connectivity index (χ4v) is 5.16. The van der Waals surface area contributed by atoms with Crippen LogP contribution in [0.4, 0.5) is 4.39 Å². The highest BCUT2D eigenvalue weighted by Crippen LogP contribution is 2.33. The van der Waals surface area contributed by atoms with Crippen molar-refractivity contribution < 1.29 is 13.9 Å². The Balaban J connectivity index is 1.33. The van der Waals surface area contributed by atoms with Crippen LogP contribution in [0.5, 0.6) is 5.75 Å². The van der Waals surface area contributed by atoms with Crippen molar-refractivity contribution in [1.29, 1.82) is 0 Å². The van der Waals surface area contributed by atoms with Gasteiger partial charge in [-0.15, -0.1) is 6.58 Å². The van der Waals surface area contributed by atoms with Crippen LogP contribution in [0, 0.1) is 5.82 Å². The molecule has 39 heavy (non-hydrogen) atoms. The molecule has 0 aliphatic carbocycles. The molecule has 0 spiro atoms. The molecule has 0 N–H and O–H groups in total. The first kappa shape index (κ1) is 29.6. The Morgan fingerprint density at radius 1 is 0.949 bits per heavy atom. The van der Waals surface area contributed by atoms with E-state index in [2.05, 4.69) is 11.5 Å². The lowest BCUT2D eigenvalue weighted by Gasteiger charge is -2.31. The Hall–Kier alpha value is -2.41. The highest BCUT2D eigenvalue weighted by atomic mass is 35.5. The van der Waals surface area contributed by atoms with Crippen LogP contribution in [0.15, 0.2) is 85.7 Å². The van der Waals surface area contributed by atoms with Gasteiger partial charge in [-0.2, -0.15) is 0 Å². The van der Waals surface area contributed by atoms with Crippen LogP contribution >= 0.6 is 46.4 Å². The molecule has 0 saturated carbocycles. The van der Waals surface area contributed by atoms with Gasteiger partial charge in [-0.1, -0.05) is 70.7 Å². The van der Waals surface area contributed by atoms with E-state index in [0.29, 0.717) is 40.5 Å². The monoisotopic (exact) mass is 608 g/mol. The van der Waals surface area contributed by atoms with E-state index < -0.39 is 11.6 Å². The molecule has 0 fully saturated rings. The van der Waals surface area contributed by atoms with Crippen molar-refractivity contribution in [3.8, 4) is 5.75 Å². The second-order valence-corrected chi connectivity index (χ2v) is 10.8. The van der Waals surface area contributed by atoms with Crippen LogP contribution in [0.25, 0.3) is 0 Å². The maximum Gasteiger partial charge on any atom is 0.135 e. The number of rotatable bonds is 13. The second kappa shape index (κ2) is 14.3. The van der Waals surface area contributed by atoms with E-state index >= 15 is 0 Å². The zero-order valence-corrected chi connectivity index (χ0v) is 24.2. The molecule has 0 amide bonds. The molecule has 9 heteroatoms. The van der Waals surface area contributed by atoms with Crippen molar-refractivity contribution in [2.24, 2.45) is 0 Å². The molecule has 0 aromatic heterocycles. The first-order valence-corrected chi connectivity index (χ1v) is 14.1. The molecule has 1 aliphatic heterocycles. The number of hydrogen-bond acceptors (Lipinski definition) is 4. The van der Waals surface area contributed by atoms with Crippen molar-refractivity contribution in [2.45, 2.75) is 31.1 Å². The SMILES string of the molecule is C=CCc1cc(F)ccc1OCCCN1C=CN(C(Cl)C(OCc2ccc(Cl)cc2Cl)c2ccc(Cl)cc2)C1. The number of nitrogens with zero attached hydrogens (tertiary/aromatic N) is 2. The Morgan fingerprint density at radius 3 is 2.46 bits per heavy atom. The minimum absolute atomic E-state index is 0.266. The molecule has 206 valence electrons. The summed E-state index contributed by atoms with van der Waals surface area (Å²) in [7, 11) is 0. The van der Waals surface area contributed by atoms with Gasteiger partial charge in [0.25, 0.3) is 0 Å². The van der Waals surface area contributed by atoms with Gasteiger partial charge in [0, 0.05) is 39.6 Å². The summed E-state index contributed by atoms with van der Waals surface area (Å²) in [5.74, 6) is 0.397. The summed E-state index contributed by atoms with van der Waals surface area (Å²) in [6, 6.07) is 17.3. The van der Waals surface area contributed by atoms with E-state index in [1.165, 1.54) is 12.1 Å². The quantitative estimate of drug-likeness (QED) is 0.0836. The third-order valence-corrected chi connectivity index (χ3v) is 7.57. The molecule has 1 aliphatic rings. The smallest absolute Gasteiger partial charge is 0.135 e. The summed E-state index contributed by atoms with van der Waals surface area (Å²) in [6.07, 6.45) is 6.58. The molecule has 3 aromatic rings. The van der Waals surface area contributed by atoms with Crippen LogP contribution in [0.2, 0.25) is 15.1 Å². The average Bonchev–Trinajstić information content (AvgIpc) is 3.39. The summed E-state index contributed by atoms with van der Waals surface area (Å²) in [4.78, 5) is 4.18. The van der Waals surface area contributed by atoms with Crippen molar-refractivity contribution in [1.82, 2.24) is 9.80 Å². The largest absolute Gasteiger partial charge is 0.493 e. The predicted molar refractivity (Wildman–Crippen MR) is 158 cm³/mol. The van der Waals surface area contributed by atoms with Crippen LogP contribution in [0.3, 0.4) is 0 Å². The average molecular weight is 610 g/mol. The number of allylic oxidation sites excluding steroid dienone is 1. The first-order valence-electron chi connectivity index (χ1n) is 12.5. The second-order valence-electron chi connectivity index (χ2n) is 9.10. The summed E-state index contributed by atoms with van der Waals surface area (Å²) >= 11 is 25.5. The highest BCUT2D eigenvalue weighted by molar-refractivity contribution is 6.35. The van der Waals surface area contributed by atoms with Gasteiger partial charge in [0.1, 0.15) is 23.2 Å². The van der Waals surface area contributed by atoms with Gasteiger partial charge in [-0.3, -0.25) is 0 Å². The standard InChI is InChI=1S/C30H29Cl4FN2O2/c1-2-4-22-17-26(35)11-12-28(22)38-16-3-13-36-14-15-37(20-36)30(34)29(21-5-8-24(31)9-6-21)39-19-23-7-10-25(32)18-27(23)33/h2,5-12,14-15,17-18,29-30H,1,3-4,13,16,19-20H2. The number of alkyl halides is 1. The summed E-state index contributed by atoms with van der Waals surface area (Å²) in [5.41, 5.74) is 2.02. The van der Waals surface area contributed by atoms with Gasteiger partial charge in [0.2, 0.25) is 0 Å². The topological polar surface area (TPSA) is 24.9 Å². The van der Waals surface area contributed by atoms with Gasteiger partial charge in [0.05, 0.1) is 19.9 Å². The molecule has 0 radical (unpaired) electrons. The summed E-state index contributed by atoms with van der Waals surface area (Å²) in [6.45, 7) is 5.87. The lowest BCUT2D eigenvalue weighted by molar-refractivity contribution is 0.00672. The van der Waals surface area contributed by atoms with Crippen molar-refractivity contribution in [3.63, 3.8) is 0 Å². The lowest BCUT2D eigenvalue weighted by Crippen LogP contribution is -2.36. The Bertz CT molecular complexity index is 1290. The first-order chi connectivity index (χ1) is 18.8. The van der Waals surface area contributed by atoms with Crippen molar-refractivity contribution >= 4 is 46.4 Å². The van der Waals surface area contributed by atoms with E-state index in [4.69, 9.17) is 55.9 Å². The van der Waals surface area contributed by atoms with E-state index in [1.807, 2.05) is 47.6 Å². The van der Waals surface area contributed by atoms with E-state index in [9.17, 15) is 4.39 Å². The van der Waals surface area contributed by atoms with Crippen LogP contribution in [0.1, 0.15) is 29.2 Å². The summed E-state index contributed by atoms with van der Waals surface area (Å²) < 4.78 is 25.8. The third kappa shape index (κ3) is 8.29. The number of ether oxygens (including phenoxy) is 2. The minimum Gasteiger partial charge on any atom is -0.493 e. The van der Waals surface area contributed by atoms with Gasteiger partial charge >= 0.3 is 0 Å². The van der Waals surface area contributed by atoms with Crippen molar-refractivity contribution in [3.05, 3.63) is 123 Å². The van der Waals surface area contributed by atoms with E-state index in [-0.39, 0.29) is 12.4 Å². The van der Waals surface area contributed by atoms with Crippen LogP contribution < -0.4 is 4.74 Å². The molecule has 4 nitrogen and oxygen atoms in total. The molecular weight excluding hydrogens is 581 g/mol. The molecule has 4 rings (SSSR count). The Kier molecular flexibility index (Phi) is 10.8. The minimum atomic E-state index is -0.490. The van der Waals surface area contributed by atoms with E-state index in [0.717, 1.165) is 29.7 Å².